The van der Waals surface area contributed by atoms with Crippen LogP contribution in [0.25, 0.3) is 0 Å². The SMILES string of the molecule is CCCC1CCCN(C2CNC2)C1. The molecule has 0 radical (unpaired) electrons. The lowest BCUT2D eigenvalue weighted by Gasteiger charge is -2.42. The fourth-order valence-corrected chi connectivity index (χ4v) is 2.60. The van der Waals surface area contributed by atoms with Gasteiger partial charge in [-0.1, -0.05) is 13.3 Å². The van der Waals surface area contributed by atoms with Gasteiger partial charge in [-0.3, -0.25) is 4.90 Å². The Morgan fingerprint density at radius 3 is 2.85 bits per heavy atom. The van der Waals surface area contributed by atoms with E-state index in [1.807, 2.05) is 0 Å². The summed E-state index contributed by atoms with van der Waals surface area (Å²) in [5.41, 5.74) is 0. The average molecular weight is 182 g/mol. The van der Waals surface area contributed by atoms with Crippen LogP contribution < -0.4 is 5.32 Å². The van der Waals surface area contributed by atoms with Crippen molar-refractivity contribution in [2.24, 2.45) is 5.92 Å². The topological polar surface area (TPSA) is 15.3 Å². The lowest BCUT2D eigenvalue weighted by molar-refractivity contribution is 0.0877. The fraction of sp³-hybridized carbons (Fsp3) is 1.00. The van der Waals surface area contributed by atoms with E-state index in [-0.39, 0.29) is 0 Å². The first-order valence-electron chi connectivity index (χ1n) is 5.85. The molecule has 0 amide bonds. The largest absolute Gasteiger partial charge is 0.314 e. The van der Waals surface area contributed by atoms with Crippen LogP contribution in [0.2, 0.25) is 0 Å². The van der Waals surface area contributed by atoms with Crippen molar-refractivity contribution in [2.75, 3.05) is 26.2 Å². The number of piperidine rings is 1. The maximum atomic E-state index is 3.36. The quantitative estimate of drug-likeness (QED) is 0.711. The molecule has 2 aliphatic heterocycles. The van der Waals surface area contributed by atoms with Crippen molar-refractivity contribution in [2.45, 2.75) is 38.6 Å². The number of nitrogens with zero attached hydrogens (tertiary/aromatic N) is 1. The molecule has 0 aromatic carbocycles. The highest BCUT2D eigenvalue weighted by molar-refractivity contribution is 4.87. The van der Waals surface area contributed by atoms with E-state index >= 15 is 0 Å². The fourth-order valence-electron chi connectivity index (χ4n) is 2.60. The van der Waals surface area contributed by atoms with E-state index in [0.717, 1.165) is 12.0 Å². The highest BCUT2D eigenvalue weighted by Gasteiger charge is 2.28. The molecule has 1 N–H and O–H groups in total. The molecule has 2 saturated heterocycles. The highest BCUT2D eigenvalue weighted by Crippen LogP contribution is 2.23. The summed E-state index contributed by atoms with van der Waals surface area (Å²) in [5.74, 6) is 0.999. The minimum atomic E-state index is 0.875. The molecule has 0 aromatic heterocycles. The van der Waals surface area contributed by atoms with E-state index < -0.39 is 0 Å². The molecule has 0 saturated carbocycles. The lowest BCUT2D eigenvalue weighted by atomic mass is 9.92. The van der Waals surface area contributed by atoms with Crippen LogP contribution in [0.1, 0.15) is 32.6 Å². The molecule has 13 heavy (non-hydrogen) atoms. The average Bonchev–Trinajstić information content (AvgIpc) is 2.02. The van der Waals surface area contributed by atoms with Gasteiger partial charge < -0.3 is 5.32 Å². The van der Waals surface area contributed by atoms with Crippen LogP contribution in [0, 0.1) is 5.92 Å². The third-order valence-electron chi connectivity index (χ3n) is 3.52. The van der Waals surface area contributed by atoms with Crippen molar-refractivity contribution in [1.29, 1.82) is 0 Å². The maximum Gasteiger partial charge on any atom is 0.0345 e. The van der Waals surface area contributed by atoms with Crippen molar-refractivity contribution in [1.82, 2.24) is 10.2 Å². The van der Waals surface area contributed by atoms with Gasteiger partial charge in [0.2, 0.25) is 0 Å². The standard InChI is InChI=1S/C11H22N2/c1-2-4-10-5-3-6-13(9-10)11-7-12-8-11/h10-12H,2-9H2,1H3. The Morgan fingerprint density at radius 1 is 1.38 bits per heavy atom. The van der Waals surface area contributed by atoms with Gasteiger partial charge in [-0.25, -0.2) is 0 Å². The van der Waals surface area contributed by atoms with Crippen molar-refractivity contribution in [3.63, 3.8) is 0 Å². The van der Waals surface area contributed by atoms with Crippen LogP contribution in [-0.4, -0.2) is 37.1 Å². The molecule has 2 rings (SSSR count). The first kappa shape index (κ1) is 9.47. The molecule has 0 aliphatic carbocycles. The van der Waals surface area contributed by atoms with Crippen LogP contribution >= 0.6 is 0 Å². The molecular weight excluding hydrogens is 160 g/mol. The van der Waals surface area contributed by atoms with Gasteiger partial charge in [0.05, 0.1) is 0 Å². The second kappa shape index (κ2) is 4.43. The van der Waals surface area contributed by atoms with Gasteiger partial charge in [0.1, 0.15) is 0 Å². The molecule has 0 aromatic rings. The van der Waals surface area contributed by atoms with Gasteiger partial charge in [0.25, 0.3) is 0 Å². The number of rotatable bonds is 3. The van der Waals surface area contributed by atoms with Crippen molar-refractivity contribution in [3.8, 4) is 0 Å². The second-order valence-electron chi connectivity index (χ2n) is 4.60. The van der Waals surface area contributed by atoms with Crippen molar-refractivity contribution < 1.29 is 0 Å². The summed E-state index contributed by atoms with van der Waals surface area (Å²) in [7, 11) is 0. The predicted molar refractivity (Wildman–Crippen MR) is 55.9 cm³/mol. The van der Waals surface area contributed by atoms with Gasteiger partial charge in [-0.05, 0) is 31.7 Å². The van der Waals surface area contributed by atoms with Gasteiger partial charge in [0.15, 0.2) is 0 Å². The molecule has 76 valence electrons. The molecule has 0 spiro atoms. The summed E-state index contributed by atoms with van der Waals surface area (Å²) < 4.78 is 0. The Hall–Kier alpha value is -0.0800. The molecular formula is C11H22N2. The van der Waals surface area contributed by atoms with E-state index in [0.29, 0.717) is 0 Å². The van der Waals surface area contributed by atoms with Gasteiger partial charge in [-0.2, -0.15) is 0 Å². The zero-order chi connectivity index (χ0) is 9.10. The molecule has 2 heteroatoms. The third-order valence-corrected chi connectivity index (χ3v) is 3.52. The lowest BCUT2D eigenvalue weighted by Crippen LogP contribution is -2.59. The van der Waals surface area contributed by atoms with Gasteiger partial charge >= 0.3 is 0 Å². The van der Waals surface area contributed by atoms with Crippen LogP contribution in [0.5, 0.6) is 0 Å². The van der Waals surface area contributed by atoms with E-state index in [1.165, 1.54) is 51.9 Å². The maximum absolute atomic E-state index is 3.36. The molecule has 2 fully saturated rings. The minimum Gasteiger partial charge on any atom is -0.314 e. The van der Waals surface area contributed by atoms with Crippen molar-refractivity contribution >= 4 is 0 Å². The monoisotopic (exact) mass is 182 g/mol. The van der Waals surface area contributed by atoms with Crippen LogP contribution in [0.4, 0.5) is 0 Å². The summed E-state index contributed by atoms with van der Waals surface area (Å²) in [6.07, 6.45) is 5.71. The number of hydrogen-bond donors (Lipinski definition) is 1. The third kappa shape index (κ3) is 2.23. The molecule has 0 bridgehead atoms. The van der Waals surface area contributed by atoms with Crippen LogP contribution in [-0.2, 0) is 0 Å². The molecule has 1 atom stereocenters. The Bertz CT molecular complexity index is 152. The van der Waals surface area contributed by atoms with Crippen LogP contribution in [0.15, 0.2) is 0 Å². The van der Waals surface area contributed by atoms with Crippen LogP contribution in [0.3, 0.4) is 0 Å². The number of hydrogen-bond acceptors (Lipinski definition) is 2. The van der Waals surface area contributed by atoms with E-state index in [9.17, 15) is 0 Å². The number of likely N-dealkylation sites (tertiary alicyclic amines) is 1. The predicted octanol–water partition coefficient (Wildman–Crippen LogP) is 1.47. The first-order chi connectivity index (χ1) is 6.40. The molecule has 1 unspecified atom stereocenters. The Kier molecular flexibility index (Phi) is 3.23. The zero-order valence-electron chi connectivity index (χ0n) is 8.76. The Labute approximate surface area is 81.7 Å². The Morgan fingerprint density at radius 2 is 2.23 bits per heavy atom. The van der Waals surface area contributed by atoms with E-state index in [2.05, 4.69) is 17.1 Å². The molecule has 2 nitrogen and oxygen atoms in total. The summed E-state index contributed by atoms with van der Waals surface area (Å²) in [6, 6.07) is 0.875. The van der Waals surface area contributed by atoms with Gasteiger partial charge in [0, 0.05) is 25.7 Å². The smallest absolute Gasteiger partial charge is 0.0345 e. The van der Waals surface area contributed by atoms with Crippen molar-refractivity contribution in [3.05, 3.63) is 0 Å². The Balaban J connectivity index is 1.77. The second-order valence-corrected chi connectivity index (χ2v) is 4.60. The number of nitrogens with one attached hydrogen (secondary N) is 1. The van der Waals surface area contributed by atoms with E-state index in [4.69, 9.17) is 0 Å². The first-order valence-corrected chi connectivity index (χ1v) is 5.85. The highest BCUT2D eigenvalue weighted by atomic mass is 15.2. The van der Waals surface area contributed by atoms with Gasteiger partial charge in [-0.15, -0.1) is 0 Å². The molecule has 2 heterocycles. The normalized spacial score (nSPS) is 31.6. The van der Waals surface area contributed by atoms with E-state index in [1.54, 1.807) is 0 Å². The minimum absolute atomic E-state index is 0.875. The summed E-state index contributed by atoms with van der Waals surface area (Å²) >= 11 is 0. The summed E-state index contributed by atoms with van der Waals surface area (Å²) in [6.45, 7) is 7.51. The summed E-state index contributed by atoms with van der Waals surface area (Å²) in [4.78, 5) is 2.71. The molecule has 2 aliphatic rings. The zero-order valence-corrected chi connectivity index (χ0v) is 8.76. The summed E-state index contributed by atoms with van der Waals surface area (Å²) in [5, 5.41) is 3.36.